The van der Waals surface area contributed by atoms with Gasteiger partial charge in [-0.15, -0.1) is 0 Å². The summed E-state index contributed by atoms with van der Waals surface area (Å²) in [5, 5.41) is 2.39. The van der Waals surface area contributed by atoms with Crippen LogP contribution in [-0.2, 0) is 4.74 Å². The summed E-state index contributed by atoms with van der Waals surface area (Å²) in [6.45, 7) is 7.00. The first-order valence-electron chi connectivity index (χ1n) is 6.80. The highest BCUT2D eigenvalue weighted by molar-refractivity contribution is 5.84. The molecule has 0 aliphatic rings. The van der Waals surface area contributed by atoms with Crippen molar-refractivity contribution in [3.63, 3.8) is 0 Å². The van der Waals surface area contributed by atoms with Gasteiger partial charge >= 0.3 is 6.09 Å². The number of allylic oxidation sites excluding steroid dienone is 3. The van der Waals surface area contributed by atoms with Gasteiger partial charge in [-0.2, -0.15) is 0 Å². The Kier molecular flexibility index (Phi) is 5.79. The molecule has 24 heavy (non-hydrogen) atoms. The van der Waals surface area contributed by atoms with Crippen LogP contribution in [-0.4, -0.2) is 16.1 Å². The summed E-state index contributed by atoms with van der Waals surface area (Å²) in [4.78, 5) is 19.6. The fourth-order valence-corrected chi connectivity index (χ4v) is 1.58. The largest absolute Gasteiger partial charge is 0.437 e. The summed E-state index contributed by atoms with van der Waals surface area (Å²) < 4.78 is 23.4. The van der Waals surface area contributed by atoms with Crippen molar-refractivity contribution in [1.82, 2.24) is 9.97 Å². The second-order valence-electron chi connectivity index (χ2n) is 4.32. The fraction of sp³-hybridized carbons (Fsp3) is 0. The summed E-state index contributed by atoms with van der Waals surface area (Å²) in [5.74, 6) is 0.412. The smallest absolute Gasteiger partial charge is 0.418 e. The Bertz CT molecular complexity index is 773. The van der Waals surface area contributed by atoms with Gasteiger partial charge in [0, 0.05) is 6.07 Å². The summed E-state index contributed by atoms with van der Waals surface area (Å²) in [5.41, 5.74) is 0. The van der Waals surface area contributed by atoms with E-state index in [-0.39, 0.29) is 23.2 Å². The Morgan fingerprint density at radius 1 is 1.25 bits per heavy atom. The minimum Gasteiger partial charge on any atom is -0.437 e. The quantitative estimate of drug-likeness (QED) is 0.635. The maximum Gasteiger partial charge on any atom is 0.418 e. The molecule has 0 radical (unpaired) electrons. The van der Waals surface area contributed by atoms with Crippen molar-refractivity contribution in [3.8, 4) is 11.6 Å². The van der Waals surface area contributed by atoms with Crippen LogP contribution in [0.5, 0.6) is 11.6 Å². The zero-order valence-corrected chi connectivity index (χ0v) is 12.6. The molecule has 0 atom stereocenters. The van der Waals surface area contributed by atoms with Gasteiger partial charge in [-0.1, -0.05) is 25.3 Å². The first kappa shape index (κ1) is 16.9. The molecule has 1 aromatic carbocycles. The van der Waals surface area contributed by atoms with Crippen molar-refractivity contribution >= 4 is 11.9 Å². The zero-order valence-electron chi connectivity index (χ0n) is 12.6. The van der Waals surface area contributed by atoms with Crippen molar-refractivity contribution in [2.75, 3.05) is 5.32 Å². The summed E-state index contributed by atoms with van der Waals surface area (Å²) in [6.07, 6.45) is 6.12. The first-order valence-corrected chi connectivity index (χ1v) is 6.80. The second-order valence-corrected chi connectivity index (χ2v) is 4.32. The molecule has 2 rings (SSSR count). The van der Waals surface area contributed by atoms with Gasteiger partial charge in [-0.05, 0) is 24.3 Å². The molecule has 0 saturated heterocycles. The number of anilines is 1. The van der Waals surface area contributed by atoms with Crippen LogP contribution >= 0.6 is 0 Å². The first-order chi connectivity index (χ1) is 11.6. The van der Waals surface area contributed by atoms with Crippen LogP contribution in [0.4, 0.5) is 15.0 Å². The molecule has 7 heteroatoms. The van der Waals surface area contributed by atoms with Gasteiger partial charge in [0.2, 0.25) is 5.88 Å². The summed E-state index contributed by atoms with van der Waals surface area (Å²) in [7, 11) is 0. The molecule has 0 aliphatic heterocycles. The average Bonchev–Trinajstić information content (AvgIpc) is 2.56. The highest BCUT2D eigenvalue weighted by atomic mass is 19.1. The minimum absolute atomic E-state index is 0.151. The minimum atomic E-state index is -0.754. The molecule has 0 aliphatic carbocycles. The van der Waals surface area contributed by atoms with E-state index in [0.29, 0.717) is 0 Å². The van der Waals surface area contributed by atoms with E-state index in [1.54, 1.807) is 6.07 Å². The molecular formula is C17H14FN3O3. The van der Waals surface area contributed by atoms with Gasteiger partial charge < -0.3 is 9.47 Å². The maximum atomic E-state index is 13.1. The number of halogens is 1. The molecular weight excluding hydrogens is 313 g/mol. The summed E-state index contributed by atoms with van der Waals surface area (Å²) >= 11 is 0. The Hall–Kier alpha value is -3.48. The third kappa shape index (κ3) is 5.06. The van der Waals surface area contributed by atoms with Crippen LogP contribution in [0.25, 0.3) is 0 Å². The normalized spacial score (nSPS) is 10.6. The number of aromatic nitrogens is 2. The number of carbonyl (C=O) groups excluding carboxylic acids is 1. The molecule has 1 N–H and O–H groups in total. The lowest BCUT2D eigenvalue weighted by Gasteiger charge is -2.07. The SMILES string of the molecule is C=C/C=C(\C=C)OC(=O)Nc1cnc(Oc2cccc(F)c2)cn1. The Labute approximate surface area is 138 Å². The van der Waals surface area contributed by atoms with E-state index in [4.69, 9.17) is 9.47 Å². The van der Waals surface area contributed by atoms with Crippen LogP contribution in [0.2, 0.25) is 0 Å². The number of amides is 1. The van der Waals surface area contributed by atoms with Crippen LogP contribution in [0.1, 0.15) is 0 Å². The topological polar surface area (TPSA) is 73.3 Å². The lowest BCUT2D eigenvalue weighted by molar-refractivity contribution is 0.194. The van der Waals surface area contributed by atoms with Crippen LogP contribution in [0.3, 0.4) is 0 Å². The van der Waals surface area contributed by atoms with E-state index in [1.165, 1.54) is 48.8 Å². The average molecular weight is 327 g/mol. The lowest BCUT2D eigenvalue weighted by Crippen LogP contribution is -2.14. The molecule has 1 heterocycles. The van der Waals surface area contributed by atoms with E-state index in [0.717, 1.165) is 0 Å². The molecule has 0 spiro atoms. The standard InChI is InChI=1S/C17H14FN3O3/c1-3-6-13(4-2)24-17(22)21-15-10-20-16(11-19-15)23-14-8-5-7-12(18)9-14/h3-11H,1-2H2,(H,19,21,22)/b13-6+. The van der Waals surface area contributed by atoms with E-state index in [2.05, 4.69) is 28.4 Å². The van der Waals surface area contributed by atoms with E-state index in [1.807, 2.05) is 0 Å². The maximum absolute atomic E-state index is 13.1. The molecule has 0 bridgehead atoms. The monoisotopic (exact) mass is 327 g/mol. The van der Waals surface area contributed by atoms with Gasteiger partial charge in [0.25, 0.3) is 0 Å². The highest BCUT2D eigenvalue weighted by Crippen LogP contribution is 2.19. The Morgan fingerprint density at radius 2 is 2.08 bits per heavy atom. The highest BCUT2D eigenvalue weighted by Gasteiger charge is 2.07. The van der Waals surface area contributed by atoms with Crippen molar-refractivity contribution in [2.45, 2.75) is 0 Å². The Morgan fingerprint density at radius 3 is 2.71 bits per heavy atom. The molecule has 1 aromatic heterocycles. The molecule has 2 aromatic rings. The Balaban J connectivity index is 1.96. The van der Waals surface area contributed by atoms with Crippen molar-refractivity contribution in [3.05, 3.63) is 79.6 Å². The zero-order chi connectivity index (χ0) is 17.4. The third-order valence-corrected chi connectivity index (χ3v) is 2.57. The number of nitrogens with one attached hydrogen (secondary N) is 1. The van der Waals surface area contributed by atoms with Gasteiger partial charge in [-0.3, -0.25) is 5.32 Å². The number of hydrogen-bond donors (Lipinski definition) is 1. The van der Waals surface area contributed by atoms with Crippen LogP contribution in [0, 0.1) is 5.82 Å². The van der Waals surface area contributed by atoms with Crippen molar-refractivity contribution in [1.29, 1.82) is 0 Å². The van der Waals surface area contributed by atoms with Crippen molar-refractivity contribution < 1.29 is 18.7 Å². The third-order valence-electron chi connectivity index (χ3n) is 2.57. The number of nitrogens with zero attached hydrogens (tertiary/aromatic N) is 2. The van der Waals surface area contributed by atoms with Gasteiger partial charge in [0.05, 0.1) is 12.4 Å². The molecule has 6 nitrogen and oxygen atoms in total. The number of benzene rings is 1. The fourth-order valence-electron chi connectivity index (χ4n) is 1.58. The molecule has 1 amide bonds. The number of hydrogen-bond acceptors (Lipinski definition) is 5. The number of rotatable bonds is 6. The van der Waals surface area contributed by atoms with Gasteiger partial charge in [0.1, 0.15) is 17.3 Å². The summed E-state index contributed by atoms with van der Waals surface area (Å²) in [6, 6.07) is 5.61. The van der Waals surface area contributed by atoms with E-state index < -0.39 is 11.9 Å². The van der Waals surface area contributed by atoms with E-state index in [9.17, 15) is 9.18 Å². The lowest BCUT2D eigenvalue weighted by atomic mass is 10.3. The predicted octanol–water partition coefficient (Wildman–Crippen LogP) is 4.21. The van der Waals surface area contributed by atoms with E-state index >= 15 is 0 Å². The number of carbonyl (C=O) groups is 1. The van der Waals surface area contributed by atoms with Crippen LogP contribution < -0.4 is 10.1 Å². The second kappa shape index (κ2) is 8.23. The molecule has 0 saturated carbocycles. The number of ether oxygens (including phenoxy) is 2. The predicted molar refractivity (Wildman–Crippen MR) is 87.1 cm³/mol. The van der Waals surface area contributed by atoms with Gasteiger partial charge in [-0.25, -0.2) is 19.2 Å². The molecule has 0 unspecified atom stereocenters. The molecule has 0 fully saturated rings. The van der Waals surface area contributed by atoms with Gasteiger partial charge in [0.15, 0.2) is 5.82 Å². The molecule has 122 valence electrons. The van der Waals surface area contributed by atoms with Crippen molar-refractivity contribution in [2.24, 2.45) is 0 Å². The van der Waals surface area contributed by atoms with Crippen LogP contribution in [0.15, 0.2) is 73.8 Å².